The molecule has 0 bridgehead atoms. The fraction of sp³-hybridized carbons (Fsp3) is 0.417. The molecule has 0 fully saturated rings. The molecule has 0 saturated carbocycles. The van der Waals surface area contributed by atoms with Crippen molar-refractivity contribution < 1.29 is 18.7 Å². The minimum Gasteiger partial charge on any atom is -0.493 e. The first-order valence-electron chi connectivity index (χ1n) is 10.8. The molecular formula is C24H31FN4O3. The summed E-state index contributed by atoms with van der Waals surface area (Å²) in [6.45, 7) is 4.41. The molecule has 7 nitrogen and oxygen atoms in total. The fourth-order valence-corrected chi connectivity index (χ4v) is 3.85. The van der Waals surface area contributed by atoms with Crippen LogP contribution < -0.4 is 20.5 Å². The predicted molar refractivity (Wildman–Crippen MR) is 122 cm³/mol. The molecule has 2 aromatic rings. The second-order valence-electron chi connectivity index (χ2n) is 7.77. The number of nitrogens with one attached hydrogen (secondary N) is 1. The number of fused-ring (bicyclic) bond motifs is 1. The first kappa shape index (κ1) is 23.4. The highest BCUT2D eigenvalue weighted by molar-refractivity contribution is 5.81. The highest BCUT2D eigenvalue weighted by Crippen LogP contribution is 2.33. The molecule has 1 heterocycles. The second kappa shape index (κ2) is 10.8. The van der Waals surface area contributed by atoms with Crippen LogP contribution in [0.25, 0.3) is 0 Å². The van der Waals surface area contributed by atoms with Crippen LogP contribution in [0.1, 0.15) is 23.6 Å². The van der Waals surface area contributed by atoms with Crippen LogP contribution >= 0.6 is 0 Å². The van der Waals surface area contributed by atoms with Gasteiger partial charge in [0.25, 0.3) is 0 Å². The van der Waals surface area contributed by atoms with Crippen molar-refractivity contribution in [1.29, 1.82) is 0 Å². The molecule has 32 heavy (non-hydrogen) atoms. The number of hydrogen-bond acceptors (Lipinski definition) is 4. The van der Waals surface area contributed by atoms with Gasteiger partial charge in [-0.3, -0.25) is 9.79 Å². The minimum absolute atomic E-state index is 0.254. The number of aliphatic imine (C=N–C) groups is 1. The second-order valence-corrected chi connectivity index (χ2v) is 7.77. The van der Waals surface area contributed by atoms with Crippen LogP contribution in [0.5, 0.6) is 11.5 Å². The van der Waals surface area contributed by atoms with Gasteiger partial charge in [0.1, 0.15) is 5.82 Å². The van der Waals surface area contributed by atoms with Crippen molar-refractivity contribution in [3.63, 3.8) is 0 Å². The van der Waals surface area contributed by atoms with Crippen molar-refractivity contribution in [2.75, 3.05) is 33.9 Å². The van der Waals surface area contributed by atoms with Crippen molar-refractivity contribution >= 4 is 11.9 Å². The first-order valence-corrected chi connectivity index (χ1v) is 10.8. The lowest BCUT2D eigenvalue weighted by Crippen LogP contribution is -2.44. The van der Waals surface area contributed by atoms with Gasteiger partial charge in [-0.2, -0.15) is 0 Å². The summed E-state index contributed by atoms with van der Waals surface area (Å²) >= 11 is 0. The number of halogens is 1. The third-order valence-electron chi connectivity index (χ3n) is 5.61. The van der Waals surface area contributed by atoms with Crippen LogP contribution in [0.15, 0.2) is 41.4 Å². The van der Waals surface area contributed by atoms with E-state index in [1.807, 2.05) is 19.1 Å². The maximum absolute atomic E-state index is 13.2. The maximum Gasteiger partial charge on any atom is 0.222 e. The van der Waals surface area contributed by atoms with E-state index >= 15 is 0 Å². The number of guanidine groups is 1. The highest BCUT2D eigenvalue weighted by atomic mass is 19.1. The van der Waals surface area contributed by atoms with Gasteiger partial charge in [0, 0.05) is 19.6 Å². The van der Waals surface area contributed by atoms with E-state index < -0.39 is 11.8 Å². The molecule has 8 heteroatoms. The van der Waals surface area contributed by atoms with Gasteiger partial charge in [-0.1, -0.05) is 12.1 Å². The van der Waals surface area contributed by atoms with E-state index in [9.17, 15) is 9.18 Å². The predicted octanol–water partition coefficient (Wildman–Crippen LogP) is 2.51. The van der Waals surface area contributed by atoms with Gasteiger partial charge in [-0.15, -0.1) is 0 Å². The summed E-state index contributed by atoms with van der Waals surface area (Å²) in [5.41, 5.74) is 8.86. The molecule has 1 unspecified atom stereocenters. The standard InChI is InChI=1S/C24H31FN4O3/c1-4-27-24(28-14-18(23(26)30)11-16-5-7-20(25)8-6-16)29-10-9-17-12-21(31-2)22(32-3)13-19(17)15-29/h5-8,12-13,18H,4,9-11,14-15H2,1-3H3,(H2,26,30)(H,27,28). The van der Waals surface area contributed by atoms with Gasteiger partial charge >= 0.3 is 0 Å². The summed E-state index contributed by atoms with van der Waals surface area (Å²) in [5.74, 6) is 0.952. The van der Waals surface area contributed by atoms with E-state index in [2.05, 4.69) is 10.2 Å². The average Bonchev–Trinajstić information content (AvgIpc) is 2.80. The molecule has 0 saturated heterocycles. The third kappa shape index (κ3) is 5.69. The Kier molecular flexibility index (Phi) is 7.92. The van der Waals surface area contributed by atoms with E-state index in [4.69, 9.17) is 20.2 Å². The molecule has 0 aliphatic carbocycles. The van der Waals surface area contributed by atoms with Crippen molar-refractivity contribution in [2.45, 2.75) is 26.3 Å². The number of methoxy groups -OCH3 is 2. The molecule has 0 spiro atoms. The Hall–Kier alpha value is -3.29. The smallest absolute Gasteiger partial charge is 0.222 e. The molecule has 3 rings (SSSR count). The van der Waals surface area contributed by atoms with Crippen LogP contribution in [0.4, 0.5) is 4.39 Å². The lowest BCUT2D eigenvalue weighted by molar-refractivity contribution is -0.121. The van der Waals surface area contributed by atoms with E-state index in [0.717, 1.165) is 35.8 Å². The van der Waals surface area contributed by atoms with Crippen LogP contribution in [0.3, 0.4) is 0 Å². The molecule has 0 radical (unpaired) electrons. The zero-order valence-electron chi connectivity index (χ0n) is 18.9. The Balaban J connectivity index is 1.76. The topological polar surface area (TPSA) is 89.2 Å². The summed E-state index contributed by atoms with van der Waals surface area (Å²) < 4.78 is 24.0. The normalized spacial score (nSPS) is 14.5. The Morgan fingerprint density at radius 1 is 1.19 bits per heavy atom. The van der Waals surface area contributed by atoms with Crippen LogP contribution in [0.2, 0.25) is 0 Å². The molecule has 1 amide bonds. The van der Waals surface area contributed by atoms with E-state index in [1.165, 1.54) is 17.7 Å². The van der Waals surface area contributed by atoms with E-state index in [1.54, 1.807) is 26.4 Å². The number of nitrogens with two attached hydrogens (primary N) is 1. The molecule has 172 valence electrons. The summed E-state index contributed by atoms with van der Waals surface area (Å²) in [6, 6.07) is 10.1. The van der Waals surface area contributed by atoms with Crippen LogP contribution in [0, 0.1) is 11.7 Å². The molecule has 1 aliphatic rings. The number of ether oxygens (including phenoxy) is 2. The Labute approximate surface area is 188 Å². The molecule has 1 atom stereocenters. The molecule has 2 aromatic carbocycles. The molecule has 0 aromatic heterocycles. The fourth-order valence-electron chi connectivity index (χ4n) is 3.85. The minimum atomic E-state index is -0.476. The molecule has 1 aliphatic heterocycles. The Morgan fingerprint density at radius 3 is 2.44 bits per heavy atom. The first-order chi connectivity index (χ1) is 15.4. The zero-order chi connectivity index (χ0) is 23.1. The molecule has 3 N–H and O–H groups in total. The Morgan fingerprint density at radius 2 is 1.84 bits per heavy atom. The van der Waals surface area contributed by atoms with Gasteiger partial charge in [0.2, 0.25) is 5.91 Å². The van der Waals surface area contributed by atoms with Gasteiger partial charge < -0.3 is 25.4 Å². The summed E-state index contributed by atoms with van der Waals surface area (Å²) in [6.07, 6.45) is 1.26. The van der Waals surface area contributed by atoms with Gasteiger partial charge in [-0.05, 0) is 60.7 Å². The number of carbonyl (C=O) groups is 1. The zero-order valence-corrected chi connectivity index (χ0v) is 18.9. The highest BCUT2D eigenvalue weighted by Gasteiger charge is 2.23. The van der Waals surface area contributed by atoms with Crippen molar-refractivity contribution in [3.05, 3.63) is 58.9 Å². The van der Waals surface area contributed by atoms with Gasteiger partial charge in [0.15, 0.2) is 17.5 Å². The molecular weight excluding hydrogens is 411 g/mol. The number of primary amides is 1. The van der Waals surface area contributed by atoms with E-state index in [-0.39, 0.29) is 12.4 Å². The number of benzene rings is 2. The Bertz CT molecular complexity index is 962. The maximum atomic E-state index is 13.2. The number of rotatable bonds is 8. The van der Waals surface area contributed by atoms with Crippen molar-refractivity contribution in [2.24, 2.45) is 16.6 Å². The quantitative estimate of drug-likeness (QED) is 0.484. The van der Waals surface area contributed by atoms with Crippen LogP contribution in [-0.4, -0.2) is 50.6 Å². The third-order valence-corrected chi connectivity index (χ3v) is 5.61. The largest absolute Gasteiger partial charge is 0.493 e. The van der Waals surface area contributed by atoms with Crippen LogP contribution in [-0.2, 0) is 24.2 Å². The number of nitrogens with zero attached hydrogens (tertiary/aromatic N) is 2. The average molecular weight is 443 g/mol. The SMILES string of the molecule is CCNC(=NCC(Cc1ccc(F)cc1)C(N)=O)N1CCc2cc(OC)c(OC)cc2C1. The van der Waals surface area contributed by atoms with Crippen molar-refractivity contribution in [1.82, 2.24) is 10.2 Å². The van der Waals surface area contributed by atoms with Gasteiger partial charge in [0.05, 0.1) is 26.7 Å². The lowest BCUT2D eigenvalue weighted by Gasteiger charge is -2.32. The number of amides is 1. The lowest BCUT2D eigenvalue weighted by atomic mass is 9.98. The van der Waals surface area contributed by atoms with Crippen molar-refractivity contribution in [3.8, 4) is 11.5 Å². The van der Waals surface area contributed by atoms with E-state index in [0.29, 0.717) is 25.3 Å². The van der Waals surface area contributed by atoms with Gasteiger partial charge in [-0.25, -0.2) is 4.39 Å². The monoisotopic (exact) mass is 442 g/mol. The summed E-state index contributed by atoms with van der Waals surface area (Å²) in [7, 11) is 3.26. The number of hydrogen-bond donors (Lipinski definition) is 2. The number of carbonyl (C=O) groups excluding carboxylic acids is 1. The summed E-state index contributed by atoms with van der Waals surface area (Å²) in [5, 5.41) is 3.32. The summed E-state index contributed by atoms with van der Waals surface area (Å²) in [4.78, 5) is 18.9.